The Balaban J connectivity index is 2.36. The monoisotopic (exact) mass is 398 g/mol. The van der Waals surface area contributed by atoms with E-state index in [0.29, 0.717) is 10.2 Å². The van der Waals surface area contributed by atoms with E-state index >= 15 is 0 Å². The molecule has 0 aliphatic carbocycles. The van der Waals surface area contributed by atoms with Crippen LogP contribution in [0.3, 0.4) is 0 Å². The first kappa shape index (κ1) is 15.7. The van der Waals surface area contributed by atoms with Gasteiger partial charge in [-0.3, -0.25) is 4.72 Å². The van der Waals surface area contributed by atoms with E-state index in [1.165, 1.54) is 18.3 Å². The fourth-order valence-corrected chi connectivity index (χ4v) is 3.44. The highest BCUT2D eigenvalue weighted by molar-refractivity contribution is 9.10. The summed E-state index contributed by atoms with van der Waals surface area (Å²) in [5.41, 5.74) is 0.567. The van der Waals surface area contributed by atoms with Gasteiger partial charge in [0.1, 0.15) is 4.90 Å². The first-order chi connectivity index (χ1) is 9.35. The summed E-state index contributed by atoms with van der Waals surface area (Å²) in [5.74, 6) is 0. The van der Waals surface area contributed by atoms with E-state index in [1.807, 2.05) is 0 Å². The van der Waals surface area contributed by atoms with Crippen LogP contribution in [0.1, 0.15) is 5.69 Å². The van der Waals surface area contributed by atoms with Gasteiger partial charge in [-0.2, -0.15) is 0 Å². The second-order valence-electron chi connectivity index (χ2n) is 3.85. The van der Waals surface area contributed by atoms with E-state index in [9.17, 15) is 8.42 Å². The number of sulfonamides is 1. The van der Waals surface area contributed by atoms with E-state index < -0.39 is 10.0 Å². The average molecular weight is 400 g/mol. The number of hydrogen-bond donors (Lipinski definition) is 3. The molecule has 1 aromatic heterocycles. The van der Waals surface area contributed by atoms with Crippen molar-refractivity contribution in [3.05, 3.63) is 44.6 Å². The summed E-state index contributed by atoms with van der Waals surface area (Å²) in [6, 6.07) is 4.41. The third-order valence-electron chi connectivity index (χ3n) is 2.48. The number of H-pyrrole nitrogens is 1. The van der Waals surface area contributed by atoms with E-state index in [2.05, 4.69) is 25.6 Å². The quantitative estimate of drug-likeness (QED) is 0.689. The molecule has 0 bridgehead atoms. The van der Waals surface area contributed by atoms with Crippen molar-refractivity contribution in [2.75, 3.05) is 4.72 Å². The lowest BCUT2D eigenvalue weighted by atomic mass is 10.3. The van der Waals surface area contributed by atoms with Crippen LogP contribution in [0, 0.1) is 0 Å². The first-order valence-corrected chi connectivity index (χ1v) is 8.33. The fraction of sp³-hybridized carbons (Fsp3) is 0.0909. The van der Waals surface area contributed by atoms with Crippen LogP contribution >= 0.6 is 39.1 Å². The van der Waals surface area contributed by atoms with Crippen molar-refractivity contribution in [2.24, 2.45) is 0 Å². The predicted octanol–water partition coefficient (Wildman–Crippen LogP) is 3.38. The maximum atomic E-state index is 12.2. The molecule has 0 spiro atoms. The maximum Gasteiger partial charge on any atom is 0.263 e. The molecule has 0 aliphatic heterocycles. The molecule has 0 saturated heterocycles. The zero-order valence-corrected chi connectivity index (χ0v) is 13.7. The lowest BCUT2D eigenvalue weighted by molar-refractivity contribution is 0.277. The number of benzene rings is 1. The van der Waals surface area contributed by atoms with E-state index in [4.69, 9.17) is 28.3 Å². The molecule has 2 rings (SSSR count). The van der Waals surface area contributed by atoms with Gasteiger partial charge in [0.05, 0.1) is 22.3 Å². The highest BCUT2D eigenvalue weighted by Crippen LogP contribution is 2.36. The number of aromatic nitrogens is 1. The van der Waals surface area contributed by atoms with Crippen molar-refractivity contribution in [3.63, 3.8) is 0 Å². The SMILES string of the molecule is O=S(=O)(Nc1ccc(Br)c(Cl)c1Cl)c1c[nH]c(CO)c1. The van der Waals surface area contributed by atoms with Crippen LogP contribution in [0.5, 0.6) is 0 Å². The molecule has 0 fully saturated rings. The van der Waals surface area contributed by atoms with E-state index in [0.717, 1.165) is 0 Å². The molecule has 9 heteroatoms. The number of nitrogens with one attached hydrogen (secondary N) is 2. The van der Waals surface area contributed by atoms with Gasteiger partial charge in [-0.05, 0) is 34.1 Å². The van der Waals surface area contributed by atoms with Gasteiger partial charge >= 0.3 is 0 Å². The van der Waals surface area contributed by atoms with Crippen LogP contribution in [0.4, 0.5) is 5.69 Å². The normalized spacial score (nSPS) is 11.6. The van der Waals surface area contributed by atoms with Crippen LogP contribution in [-0.4, -0.2) is 18.5 Å². The average Bonchev–Trinajstić information content (AvgIpc) is 2.89. The van der Waals surface area contributed by atoms with Gasteiger partial charge in [0.25, 0.3) is 10.0 Å². The Morgan fingerprint density at radius 2 is 2.00 bits per heavy atom. The molecule has 1 heterocycles. The number of halogens is 3. The lowest BCUT2D eigenvalue weighted by Gasteiger charge is -2.10. The minimum Gasteiger partial charge on any atom is -0.390 e. The van der Waals surface area contributed by atoms with Crippen LogP contribution in [-0.2, 0) is 16.6 Å². The van der Waals surface area contributed by atoms with Crippen molar-refractivity contribution in [1.29, 1.82) is 0 Å². The number of rotatable bonds is 4. The molecule has 0 aliphatic rings. The highest BCUT2D eigenvalue weighted by atomic mass is 79.9. The van der Waals surface area contributed by atoms with Crippen LogP contribution in [0.2, 0.25) is 10.0 Å². The summed E-state index contributed by atoms with van der Waals surface area (Å²) in [7, 11) is -3.81. The van der Waals surface area contributed by atoms with Crippen molar-refractivity contribution in [2.45, 2.75) is 11.5 Å². The minimum atomic E-state index is -3.81. The van der Waals surface area contributed by atoms with Gasteiger partial charge in [0, 0.05) is 16.4 Å². The molecule has 1 aromatic carbocycles. The van der Waals surface area contributed by atoms with Gasteiger partial charge in [-0.1, -0.05) is 23.2 Å². The summed E-state index contributed by atoms with van der Waals surface area (Å²) in [4.78, 5) is 2.64. The number of aliphatic hydroxyl groups excluding tert-OH is 1. The standard InChI is InChI=1S/C11H9BrCl2N2O3S/c12-8-1-2-9(11(14)10(8)13)16-20(18,19)7-3-6(5-17)15-4-7/h1-4,15-17H,5H2. The second kappa shape index (κ2) is 5.95. The van der Waals surface area contributed by atoms with Gasteiger partial charge in [0.2, 0.25) is 0 Å². The molecule has 3 N–H and O–H groups in total. The summed E-state index contributed by atoms with van der Waals surface area (Å²) < 4.78 is 27.2. The van der Waals surface area contributed by atoms with Crippen molar-refractivity contribution < 1.29 is 13.5 Å². The van der Waals surface area contributed by atoms with Gasteiger partial charge in [0.15, 0.2) is 0 Å². The van der Waals surface area contributed by atoms with E-state index in [-0.39, 0.29) is 27.2 Å². The summed E-state index contributed by atoms with van der Waals surface area (Å²) in [6.07, 6.45) is 1.28. The van der Waals surface area contributed by atoms with Gasteiger partial charge in [-0.25, -0.2) is 8.42 Å². The van der Waals surface area contributed by atoms with Gasteiger partial charge < -0.3 is 10.1 Å². The number of aromatic amines is 1. The lowest BCUT2D eigenvalue weighted by Crippen LogP contribution is -2.12. The van der Waals surface area contributed by atoms with Gasteiger partial charge in [-0.15, -0.1) is 0 Å². The Kier molecular flexibility index (Phi) is 4.66. The number of aliphatic hydroxyl groups is 1. The van der Waals surface area contributed by atoms with Crippen LogP contribution in [0.15, 0.2) is 33.8 Å². The summed E-state index contributed by atoms with van der Waals surface area (Å²) in [6.45, 7) is -0.277. The third-order valence-corrected chi connectivity index (χ3v) is 5.59. The molecular formula is C11H9BrCl2N2O3S. The first-order valence-electron chi connectivity index (χ1n) is 5.29. The number of anilines is 1. The Hall–Kier alpha value is -0.730. The van der Waals surface area contributed by atoms with Crippen LogP contribution < -0.4 is 4.72 Å². The third kappa shape index (κ3) is 3.12. The predicted molar refractivity (Wildman–Crippen MR) is 81.7 cm³/mol. The molecule has 0 saturated carbocycles. The Bertz CT molecular complexity index is 746. The van der Waals surface area contributed by atoms with E-state index in [1.54, 1.807) is 6.07 Å². The molecule has 20 heavy (non-hydrogen) atoms. The Morgan fingerprint density at radius 3 is 2.60 bits per heavy atom. The summed E-state index contributed by atoms with van der Waals surface area (Å²) in [5, 5.41) is 9.25. The topological polar surface area (TPSA) is 82.2 Å². The largest absolute Gasteiger partial charge is 0.390 e. The van der Waals surface area contributed by atoms with Crippen molar-refractivity contribution in [1.82, 2.24) is 4.98 Å². The summed E-state index contributed by atoms with van der Waals surface area (Å²) >= 11 is 15.1. The zero-order valence-electron chi connectivity index (χ0n) is 9.82. The molecule has 2 aromatic rings. The molecule has 0 atom stereocenters. The Morgan fingerprint density at radius 1 is 1.30 bits per heavy atom. The zero-order chi connectivity index (χ0) is 14.9. The van der Waals surface area contributed by atoms with Crippen LogP contribution in [0.25, 0.3) is 0 Å². The molecular weight excluding hydrogens is 391 g/mol. The fourth-order valence-electron chi connectivity index (χ4n) is 1.47. The molecule has 0 amide bonds. The minimum absolute atomic E-state index is 0.00309. The maximum absolute atomic E-state index is 12.2. The Labute approximate surface area is 134 Å². The molecule has 0 radical (unpaired) electrons. The number of hydrogen-bond acceptors (Lipinski definition) is 3. The molecule has 5 nitrogen and oxygen atoms in total. The molecule has 0 unspecified atom stereocenters. The highest BCUT2D eigenvalue weighted by Gasteiger charge is 2.19. The van der Waals surface area contributed by atoms with Crippen molar-refractivity contribution >= 4 is 54.8 Å². The molecule has 108 valence electrons. The van der Waals surface area contributed by atoms with Crippen molar-refractivity contribution in [3.8, 4) is 0 Å². The second-order valence-corrected chi connectivity index (χ2v) is 7.14. The smallest absolute Gasteiger partial charge is 0.263 e.